The molecule has 2 rings (SSSR count). The molecule has 0 aliphatic carbocycles. The summed E-state index contributed by atoms with van der Waals surface area (Å²) in [6.07, 6.45) is 3.57. The van der Waals surface area contributed by atoms with E-state index in [1.807, 2.05) is 12.1 Å². The van der Waals surface area contributed by atoms with Crippen molar-refractivity contribution in [1.82, 2.24) is 9.13 Å². The molecule has 0 N–H and O–H groups in total. The van der Waals surface area contributed by atoms with Crippen LogP contribution in [0.15, 0.2) is 33.1 Å². The summed E-state index contributed by atoms with van der Waals surface area (Å²) in [5, 5.41) is 0. The molecule has 3 nitrogen and oxygen atoms in total. The Kier molecular flexibility index (Phi) is 2.60. The van der Waals surface area contributed by atoms with Gasteiger partial charge in [0, 0.05) is 24.3 Å². The van der Waals surface area contributed by atoms with Gasteiger partial charge in [0.15, 0.2) is 0 Å². The van der Waals surface area contributed by atoms with Gasteiger partial charge in [-0.2, -0.15) is 0 Å². The highest BCUT2D eigenvalue weighted by Gasteiger charge is 2.02. The van der Waals surface area contributed by atoms with Gasteiger partial charge in [0.05, 0.1) is 10.3 Å². The van der Waals surface area contributed by atoms with Gasteiger partial charge in [-0.3, -0.25) is 4.57 Å². The molecule has 14 heavy (non-hydrogen) atoms. The van der Waals surface area contributed by atoms with E-state index in [0.717, 1.165) is 3.79 Å². The lowest BCUT2D eigenvalue weighted by atomic mass is 10.5. The zero-order valence-electron chi connectivity index (χ0n) is 7.61. The van der Waals surface area contributed by atoms with Crippen molar-refractivity contribution in [2.75, 3.05) is 0 Å². The standard InChI is InChI=1S/C9H9BrN2OS/c1-11-4-5-12(9(11)13)6-7-2-3-8(10)14-7/h2-5H,6H2,1H3. The minimum atomic E-state index is 0.0227. The molecule has 2 aromatic heterocycles. The highest BCUT2D eigenvalue weighted by Crippen LogP contribution is 2.22. The highest BCUT2D eigenvalue weighted by atomic mass is 79.9. The number of rotatable bonds is 2. The van der Waals surface area contributed by atoms with Crippen LogP contribution in [0.1, 0.15) is 4.88 Å². The van der Waals surface area contributed by atoms with Crippen molar-refractivity contribution in [1.29, 1.82) is 0 Å². The fourth-order valence-electron chi connectivity index (χ4n) is 1.24. The Morgan fingerprint density at radius 3 is 2.71 bits per heavy atom. The lowest BCUT2D eigenvalue weighted by molar-refractivity contribution is 0.724. The number of halogens is 1. The van der Waals surface area contributed by atoms with Crippen molar-refractivity contribution in [2.45, 2.75) is 6.54 Å². The van der Waals surface area contributed by atoms with Crippen molar-refractivity contribution in [3.63, 3.8) is 0 Å². The number of thiophene rings is 1. The molecule has 0 aliphatic rings. The molecule has 0 unspecified atom stereocenters. The largest absolute Gasteiger partial charge is 0.328 e. The van der Waals surface area contributed by atoms with Gasteiger partial charge < -0.3 is 4.57 Å². The summed E-state index contributed by atoms with van der Waals surface area (Å²) in [5.74, 6) is 0. The number of hydrogen-bond donors (Lipinski definition) is 0. The van der Waals surface area contributed by atoms with Gasteiger partial charge >= 0.3 is 5.69 Å². The molecule has 0 bridgehead atoms. The van der Waals surface area contributed by atoms with E-state index < -0.39 is 0 Å². The first-order chi connectivity index (χ1) is 6.66. The third kappa shape index (κ3) is 1.83. The van der Waals surface area contributed by atoms with Gasteiger partial charge in [0.25, 0.3) is 0 Å². The van der Waals surface area contributed by atoms with E-state index in [1.165, 1.54) is 4.88 Å². The summed E-state index contributed by atoms with van der Waals surface area (Å²) in [6, 6.07) is 4.02. The molecule has 74 valence electrons. The van der Waals surface area contributed by atoms with Crippen LogP contribution >= 0.6 is 27.3 Å². The first-order valence-corrected chi connectivity index (χ1v) is 5.74. The van der Waals surface area contributed by atoms with E-state index in [4.69, 9.17) is 0 Å². The summed E-state index contributed by atoms with van der Waals surface area (Å²) >= 11 is 5.04. The van der Waals surface area contributed by atoms with Crippen LogP contribution in [0.25, 0.3) is 0 Å². The molecular weight excluding hydrogens is 264 g/mol. The lowest BCUT2D eigenvalue weighted by Crippen LogP contribution is -2.21. The molecule has 2 aromatic rings. The molecule has 5 heteroatoms. The Hall–Kier alpha value is -0.810. The summed E-state index contributed by atoms with van der Waals surface area (Å²) in [6.45, 7) is 0.649. The second kappa shape index (κ2) is 3.74. The highest BCUT2D eigenvalue weighted by molar-refractivity contribution is 9.11. The Bertz CT molecular complexity index is 497. The second-order valence-corrected chi connectivity index (χ2v) is 5.57. The van der Waals surface area contributed by atoms with Crippen LogP contribution in [0.5, 0.6) is 0 Å². The molecule has 0 radical (unpaired) electrons. The van der Waals surface area contributed by atoms with E-state index in [-0.39, 0.29) is 5.69 Å². The lowest BCUT2D eigenvalue weighted by Gasteiger charge is -1.96. The molecule has 0 saturated carbocycles. The topological polar surface area (TPSA) is 26.9 Å². The number of imidazole rings is 1. The molecule has 0 fully saturated rings. The Balaban J connectivity index is 2.27. The molecule has 0 aromatic carbocycles. The first kappa shape index (κ1) is 9.73. The predicted molar refractivity (Wildman–Crippen MR) is 60.8 cm³/mol. The number of aromatic nitrogens is 2. The van der Waals surface area contributed by atoms with E-state index in [1.54, 1.807) is 39.9 Å². The van der Waals surface area contributed by atoms with Crippen LogP contribution in [0.2, 0.25) is 0 Å². The fraction of sp³-hybridized carbons (Fsp3) is 0.222. The first-order valence-electron chi connectivity index (χ1n) is 4.13. The molecule has 0 saturated heterocycles. The zero-order chi connectivity index (χ0) is 10.1. The Morgan fingerprint density at radius 1 is 1.43 bits per heavy atom. The Labute approximate surface area is 93.7 Å². The van der Waals surface area contributed by atoms with Gasteiger partial charge in [-0.25, -0.2) is 4.79 Å². The normalized spacial score (nSPS) is 10.7. The third-order valence-electron chi connectivity index (χ3n) is 1.97. The van der Waals surface area contributed by atoms with Crippen LogP contribution in [0, 0.1) is 0 Å². The average Bonchev–Trinajstić information content (AvgIpc) is 2.67. The number of aryl methyl sites for hydroxylation is 1. The van der Waals surface area contributed by atoms with E-state index in [9.17, 15) is 4.79 Å². The van der Waals surface area contributed by atoms with Crippen molar-refractivity contribution in [3.05, 3.63) is 43.7 Å². The SMILES string of the molecule is Cn1ccn(Cc2ccc(Br)s2)c1=O. The fourth-order valence-corrected chi connectivity index (χ4v) is 2.72. The molecule has 0 atom stereocenters. The van der Waals surface area contributed by atoms with Gasteiger partial charge in [-0.05, 0) is 28.1 Å². The second-order valence-electron chi connectivity index (χ2n) is 3.03. The van der Waals surface area contributed by atoms with E-state index >= 15 is 0 Å². The molecular formula is C9H9BrN2OS. The summed E-state index contributed by atoms with van der Waals surface area (Å²) in [7, 11) is 1.75. The van der Waals surface area contributed by atoms with Crippen LogP contribution in [0.3, 0.4) is 0 Å². The number of hydrogen-bond acceptors (Lipinski definition) is 2. The van der Waals surface area contributed by atoms with Gasteiger partial charge in [0.1, 0.15) is 0 Å². The quantitative estimate of drug-likeness (QED) is 0.822. The number of nitrogens with zero attached hydrogens (tertiary/aromatic N) is 2. The molecule has 0 aliphatic heterocycles. The van der Waals surface area contributed by atoms with Gasteiger partial charge in [-0.1, -0.05) is 0 Å². The van der Waals surface area contributed by atoms with Gasteiger partial charge in [-0.15, -0.1) is 11.3 Å². The van der Waals surface area contributed by atoms with Gasteiger partial charge in [0.2, 0.25) is 0 Å². The maximum atomic E-state index is 11.5. The maximum Gasteiger partial charge on any atom is 0.328 e. The van der Waals surface area contributed by atoms with Crippen molar-refractivity contribution >= 4 is 27.3 Å². The van der Waals surface area contributed by atoms with Crippen molar-refractivity contribution in [2.24, 2.45) is 7.05 Å². The van der Waals surface area contributed by atoms with Crippen LogP contribution in [-0.2, 0) is 13.6 Å². The van der Waals surface area contributed by atoms with Crippen LogP contribution < -0.4 is 5.69 Å². The van der Waals surface area contributed by atoms with E-state index in [2.05, 4.69) is 15.9 Å². The molecule has 0 amide bonds. The summed E-state index contributed by atoms with van der Waals surface area (Å²) in [4.78, 5) is 12.7. The third-order valence-corrected chi connectivity index (χ3v) is 3.58. The van der Waals surface area contributed by atoms with E-state index in [0.29, 0.717) is 6.54 Å². The summed E-state index contributed by atoms with van der Waals surface area (Å²) in [5.41, 5.74) is 0.0227. The van der Waals surface area contributed by atoms with Crippen molar-refractivity contribution < 1.29 is 0 Å². The smallest absolute Gasteiger partial charge is 0.302 e. The maximum absolute atomic E-state index is 11.5. The molecule has 0 spiro atoms. The van der Waals surface area contributed by atoms with Crippen molar-refractivity contribution in [3.8, 4) is 0 Å². The average molecular weight is 273 g/mol. The van der Waals surface area contributed by atoms with Crippen LogP contribution in [-0.4, -0.2) is 9.13 Å². The molecule has 2 heterocycles. The minimum Gasteiger partial charge on any atom is -0.302 e. The predicted octanol–water partition coefficient (Wildman–Crippen LogP) is 2.06. The monoisotopic (exact) mass is 272 g/mol. The Morgan fingerprint density at radius 2 is 2.21 bits per heavy atom. The summed E-state index contributed by atoms with van der Waals surface area (Å²) < 4.78 is 4.36. The van der Waals surface area contributed by atoms with Crippen LogP contribution in [0.4, 0.5) is 0 Å². The zero-order valence-corrected chi connectivity index (χ0v) is 10.0. The minimum absolute atomic E-state index is 0.0227.